The summed E-state index contributed by atoms with van der Waals surface area (Å²) in [5.74, 6) is -0.576. The average molecular weight is 440 g/mol. The average Bonchev–Trinajstić information content (AvgIpc) is 3.06. The van der Waals surface area contributed by atoms with Crippen molar-refractivity contribution in [1.82, 2.24) is 4.57 Å². The van der Waals surface area contributed by atoms with Gasteiger partial charge in [-0.15, -0.1) is 11.3 Å². The number of aromatic nitrogens is 1. The highest BCUT2D eigenvalue weighted by atomic mass is 32.1. The molecule has 0 radical (unpaired) electrons. The van der Waals surface area contributed by atoms with Crippen molar-refractivity contribution >= 4 is 44.7 Å². The van der Waals surface area contributed by atoms with Gasteiger partial charge in [-0.3, -0.25) is 29.1 Å². The Morgan fingerprint density at radius 2 is 2.10 bits per heavy atom. The number of nitro benzene ring substituents is 1. The predicted molar refractivity (Wildman–Crippen MR) is 118 cm³/mol. The normalized spacial score (nSPS) is 15.5. The van der Waals surface area contributed by atoms with E-state index in [4.69, 9.17) is 5.73 Å². The number of carbonyl (C=O) groups excluding carboxylic acids is 2. The number of nitrogens with zero attached hydrogens (tertiary/aromatic N) is 2. The number of non-ortho nitro benzene ring substituents is 1. The van der Waals surface area contributed by atoms with Crippen molar-refractivity contribution in [3.05, 3.63) is 66.8 Å². The van der Waals surface area contributed by atoms with Crippen LogP contribution in [0.2, 0.25) is 0 Å². The highest BCUT2D eigenvalue weighted by Crippen LogP contribution is 2.39. The Morgan fingerprint density at radius 1 is 1.32 bits per heavy atom. The highest BCUT2D eigenvalue weighted by molar-refractivity contribution is 7.17. The first-order chi connectivity index (χ1) is 14.7. The van der Waals surface area contributed by atoms with Crippen molar-refractivity contribution in [2.45, 2.75) is 32.7 Å². The van der Waals surface area contributed by atoms with Crippen molar-refractivity contribution in [2.75, 3.05) is 5.32 Å². The summed E-state index contributed by atoms with van der Waals surface area (Å²) in [5.41, 5.74) is 6.73. The molecule has 1 aliphatic carbocycles. The Morgan fingerprint density at radius 3 is 2.81 bits per heavy atom. The lowest BCUT2D eigenvalue weighted by Crippen LogP contribution is -2.28. The molecule has 9 nitrogen and oxygen atoms in total. The van der Waals surface area contributed by atoms with Crippen molar-refractivity contribution in [2.24, 2.45) is 11.7 Å². The molecule has 1 aliphatic rings. The number of fused-ring (bicyclic) bond motifs is 2. The lowest BCUT2D eigenvalue weighted by Gasteiger charge is -2.18. The summed E-state index contributed by atoms with van der Waals surface area (Å²) in [5, 5.41) is 14.6. The molecule has 0 saturated heterocycles. The summed E-state index contributed by atoms with van der Waals surface area (Å²) in [4.78, 5) is 48.8. The molecule has 0 spiro atoms. The molecule has 2 heterocycles. The molecule has 31 heavy (non-hydrogen) atoms. The number of benzene rings is 1. The number of pyridine rings is 1. The van der Waals surface area contributed by atoms with E-state index in [1.165, 1.54) is 46.2 Å². The third-order valence-corrected chi connectivity index (χ3v) is 6.67. The van der Waals surface area contributed by atoms with Gasteiger partial charge in [0.05, 0.1) is 16.0 Å². The van der Waals surface area contributed by atoms with Crippen LogP contribution < -0.4 is 16.6 Å². The van der Waals surface area contributed by atoms with Crippen LogP contribution in [0.25, 0.3) is 10.9 Å². The number of hydrogen-bond acceptors (Lipinski definition) is 6. The van der Waals surface area contributed by atoms with Gasteiger partial charge in [0, 0.05) is 28.5 Å². The van der Waals surface area contributed by atoms with Crippen molar-refractivity contribution in [3.63, 3.8) is 0 Å². The third kappa shape index (κ3) is 3.93. The van der Waals surface area contributed by atoms with E-state index in [9.17, 15) is 24.5 Å². The number of carbonyl (C=O) groups is 2. The number of primary amides is 1. The first kappa shape index (κ1) is 20.7. The van der Waals surface area contributed by atoms with Crippen LogP contribution in [0.4, 0.5) is 10.7 Å². The van der Waals surface area contributed by atoms with Crippen LogP contribution in [0.15, 0.2) is 35.1 Å². The number of anilines is 1. The molecule has 3 aromatic rings. The van der Waals surface area contributed by atoms with E-state index in [0.717, 1.165) is 29.7 Å². The lowest BCUT2D eigenvalue weighted by molar-refractivity contribution is -0.384. The molecule has 1 unspecified atom stereocenters. The third-order valence-electron chi connectivity index (χ3n) is 5.50. The Bertz CT molecular complexity index is 1290. The number of rotatable bonds is 5. The van der Waals surface area contributed by atoms with Gasteiger partial charge in [0.2, 0.25) is 5.91 Å². The van der Waals surface area contributed by atoms with Crippen molar-refractivity contribution in [3.8, 4) is 0 Å². The second-order valence-electron chi connectivity index (χ2n) is 7.73. The number of hydrogen-bond donors (Lipinski definition) is 2. The Balaban J connectivity index is 1.65. The second kappa shape index (κ2) is 7.95. The topological polar surface area (TPSA) is 137 Å². The minimum atomic E-state index is -0.586. The largest absolute Gasteiger partial charge is 0.365 e. The molecular weight excluding hydrogens is 420 g/mol. The van der Waals surface area contributed by atoms with Crippen LogP contribution in [0.3, 0.4) is 0 Å². The van der Waals surface area contributed by atoms with Gasteiger partial charge in [0.1, 0.15) is 11.5 Å². The van der Waals surface area contributed by atoms with Crippen LogP contribution in [-0.4, -0.2) is 21.3 Å². The zero-order valence-corrected chi connectivity index (χ0v) is 17.5. The molecule has 4 rings (SSSR count). The van der Waals surface area contributed by atoms with E-state index in [1.54, 1.807) is 0 Å². The van der Waals surface area contributed by atoms with E-state index < -0.39 is 22.3 Å². The smallest absolute Gasteiger partial charge is 0.270 e. The SMILES string of the molecule is CC1CCc2c(sc(NC(=O)Cn3c(=O)ccc4cc([N+](=O)[O-])ccc43)c2C(N)=O)C1. The van der Waals surface area contributed by atoms with Gasteiger partial charge in [0.25, 0.3) is 17.2 Å². The van der Waals surface area contributed by atoms with Crippen LogP contribution in [0.5, 0.6) is 0 Å². The second-order valence-corrected chi connectivity index (χ2v) is 8.83. The first-order valence-electron chi connectivity index (χ1n) is 9.76. The molecular formula is C21H20N4O5S. The molecule has 1 atom stereocenters. The Hall–Kier alpha value is -3.53. The summed E-state index contributed by atoms with van der Waals surface area (Å²) in [6.45, 7) is 1.84. The maximum Gasteiger partial charge on any atom is 0.270 e. The van der Waals surface area contributed by atoms with E-state index in [2.05, 4.69) is 12.2 Å². The number of thiophene rings is 1. The zero-order chi connectivity index (χ0) is 22.3. The Kier molecular flexibility index (Phi) is 5.32. The van der Waals surface area contributed by atoms with Crippen LogP contribution in [-0.2, 0) is 24.2 Å². The highest BCUT2D eigenvalue weighted by Gasteiger charge is 2.27. The number of nitrogens with one attached hydrogen (secondary N) is 1. The van der Waals surface area contributed by atoms with Gasteiger partial charge in [0.15, 0.2) is 0 Å². The van der Waals surface area contributed by atoms with Crippen molar-refractivity contribution < 1.29 is 14.5 Å². The fourth-order valence-electron chi connectivity index (χ4n) is 3.98. The van der Waals surface area contributed by atoms with Gasteiger partial charge in [-0.2, -0.15) is 0 Å². The minimum absolute atomic E-state index is 0.105. The molecule has 1 aromatic carbocycles. The molecule has 160 valence electrons. The van der Waals surface area contributed by atoms with Crippen molar-refractivity contribution in [1.29, 1.82) is 0 Å². The summed E-state index contributed by atoms with van der Waals surface area (Å²) < 4.78 is 1.24. The number of amides is 2. The molecule has 0 bridgehead atoms. The van der Waals surface area contributed by atoms with Gasteiger partial charge >= 0.3 is 0 Å². The number of nitro groups is 1. The lowest BCUT2D eigenvalue weighted by atomic mass is 9.88. The fraction of sp³-hybridized carbons (Fsp3) is 0.286. The van der Waals surface area contributed by atoms with Crippen LogP contribution in [0, 0.1) is 16.0 Å². The Labute approximate surface area is 180 Å². The molecule has 0 fully saturated rings. The summed E-state index contributed by atoms with van der Waals surface area (Å²) >= 11 is 1.35. The zero-order valence-electron chi connectivity index (χ0n) is 16.7. The quantitative estimate of drug-likeness (QED) is 0.464. The predicted octanol–water partition coefficient (Wildman–Crippen LogP) is 2.83. The maximum absolute atomic E-state index is 12.8. The van der Waals surface area contributed by atoms with E-state index in [1.807, 2.05) is 0 Å². The molecule has 2 amide bonds. The standard InChI is InChI=1S/C21H20N4O5S/c1-11-2-5-14-16(8-11)31-21(19(14)20(22)28)23-17(26)10-24-15-6-4-13(25(29)30)9-12(15)3-7-18(24)27/h3-4,6-7,9,11H,2,5,8,10H2,1H3,(H2,22,28)(H,23,26). The number of nitrogens with two attached hydrogens (primary N) is 1. The first-order valence-corrected chi connectivity index (χ1v) is 10.6. The van der Waals surface area contributed by atoms with E-state index in [0.29, 0.717) is 27.4 Å². The summed E-state index contributed by atoms with van der Waals surface area (Å²) in [7, 11) is 0. The summed E-state index contributed by atoms with van der Waals surface area (Å²) in [6, 6.07) is 6.83. The van der Waals surface area contributed by atoms with Crippen LogP contribution >= 0.6 is 11.3 Å². The van der Waals surface area contributed by atoms with Gasteiger partial charge in [-0.05, 0) is 42.9 Å². The minimum Gasteiger partial charge on any atom is -0.365 e. The molecule has 0 aliphatic heterocycles. The van der Waals surface area contributed by atoms with E-state index in [-0.39, 0.29) is 12.2 Å². The van der Waals surface area contributed by atoms with E-state index >= 15 is 0 Å². The molecule has 2 aromatic heterocycles. The maximum atomic E-state index is 12.8. The monoisotopic (exact) mass is 440 g/mol. The molecule has 0 saturated carbocycles. The fourth-order valence-corrected chi connectivity index (χ4v) is 5.41. The van der Waals surface area contributed by atoms with Gasteiger partial charge in [-0.25, -0.2) is 0 Å². The molecule has 3 N–H and O–H groups in total. The van der Waals surface area contributed by atoms with Gasteiger partial charge in [-0.1, -0.05) is 6.92 Å². The molecule has 10 heteroatoms. The van der Waals surface area contributed by atoms with Crippen LogP contribution in [0.1, 0.15) is 34.1 Å². The van der Waals surface area contributed by atoms with Gasteiger partial charge < -0.3 is 11.1 Å². The summed E-state index contributed by atoms with van der Waals surface area (Å²) in [6.07, 6.45) is 2.52.